The van der Waals surface area contributed by atoms with Crippen LogP contribution in [0.5, 0.6) is 0 Å². The molecule has 8 heteroatoms. The number of piperazine rings is 1. The van der Waals surface area contributed by atoms with Crippen LogP contribution < -0.4 is 0 Å². The summed E-state index contributed by atoms with van der Waals surface area (Å²) in [5, 5.41) is 1.65. The number of fused-ring (bicyclic) bond motifs is 1. The van der Waals surface area contributed by atoms with Gasteiger partial charge >= 0.3 is 0 Å². The molecular formula is C20H21Cl2N3O2S. The highest BCUT2D eigenvalue weighted by Gasteiger charge is 2.21. The SMILES string of the molecule is CN1CCN(Cc2ccc3c(c2)c(Cl)cn3S(=O)(=O)c2ccc(Cl)cc2)CC1. The lowest BCUT2D eigenvalue weighted by molar-refractivity contribution is 0.148. The van der Waals surface area contributed by atoms with Gasteiger partial charge in [0.1, 0.15) is 0 Å². The van der Waals surface area contributed by atoms with Crippen molar-refractivity contribution < 1.29 is 8.42 Å². The Labute approximate surface area is 175 Å². The van der Waals surface area contributed by atoms with Crippen LogP contribution in [0.1, 0.15) is 5.56 Å². The van der Waals surface area contributed by atoms with E-state index >= 15 is 0 Å². The normalized spacial score (nSPS) is 16.7. The standard InChI is InChI=1S/C20H21Cl2N3O2S/c1-23-8-10-24(11-9-23)13-15-2-7-20-18(12-15)19(22)14-25(20)28(26,27)17-5-3-16(21)4-6-17/h2-7,12,14H,8-11,13H2,1H3. The largest absolute Gasteiger partial charge is 0.304 e. The molecule has 1 aromatic heterocycles. The zero-order valence-corrected chi connectivity index (χ0v) is 17.8. The van der Waals surface area contributed by atoms with Gasteiger partial charge in [0, 0.05) is 49.3 Å². The summed E-state index contributed by atoms with van der Waals surface area (Å²) in [6.45, 7) is 4.98. The summed E-state index contributed by atoms with van der Waals surface area (Å²) in [7, 11) is -1.62. The van der Waals surface area contributed by atoms with Crippen LogP contribution in [-0.4, -0.2) is 55.4 Å². The molecule has 1 aliphatic heterocycles. The molecule has 148 valence electrons. The van der Waals surface area contributed by atoms with Crippen molar-refractivity contribution in [1.82, 2.24) is 13.8 Å². The number of hydrogen-bond donors (Lipinski definition) is 0. The molecule has 0 atom stereocenters. The lowest BCUT2D eigenvalue weighted by atomic mass is 10.1. The second-order valence-corrected chi connectivity index (χ2v) is 9.82. The predicted molar refractivity (Wildman–Crippen MR) is 114 cm³/mol. The molecule has 0 aliphatic carbocycles. The summed E-state index contributed by atoms with van der Waals surface area (Å²) in [5.41, 5.74) is 1.70. The van der Waals surface area contributed by atoms with E-state index in [9.17, 15) is 8.42 Å². The van der Waals surface area contributed by atoms with Crippen molar-refractivity contribution >= 4 is 44.1 Å². The summed E-state index contributed by atoms with van der Waals surface area (Å²) in [6, 6.07) is 11.9. The van der Waals surface area contributed by atoms with Crippen molar-refractivity contribution in [2.24, 2.45) is 0 Å². The van der Waals surface area contributed by atoms with E-state index in [0.717, 1.165) is 43.7 Å². The molecule has 0 saturated carbocycles. The number of benzene rings is 2. The molecule has 3 aromatic rings. The van der Waals surface area contributed by atoms with Crippen molar-refractivity contribution in [3.63, 3.8) is 0 Å². The van der Waals surface area contributed by atoms with Gasteiger partial charge in [0.05, 0.1) is 15.4 Å². The fourth-order valence-electron chi connectivity index (χ4n) is 3.49. The number of hydrogen-bond acceptors (Lipinski definition) is 4. The maximum absolute atomic E-state index is 13.1. The summed E-state index contributed by atoms with van der Waals surface area (Å²) < 4.78 is 27.4. The van der Waals surface area contributed by atoms with E-state index in [1.807, 2.05) is 18.2 Å². The molecule has 1 fully saturated rings. The molecule has 0 amide bonds. The molecule has 2 aromatic carbocycles. The first-order valence-corrected chi connectivity index (χ1v) is 11.3. The van der Waals surface area contributed by atoms with E-state index in [1.165, 1.54) is 22.3 Å². The number of aromatic nitrogens is 1. The van der Waals surface area contributed by atoms with Crippen molar-refractivity contribution in [3.05, 3.63) is 64.3 Å². The third-order valence-corrected chi connectivity index (χ3v) is 7.40. The molecule has 0 unspecified atom stereocenters. The Morgan fingerprint density at radius 2 is 1.64 bits per heavy atom. The van der Waals surface area contributed by atoms with E-state index in [4.69, 9.17) is 23.2 Å². The summed E-state index contributed by atoms with van der Waals surface area (Å²) >= 11 is 12.3. The number of rotatable bonds is 4. The fourth-order valence-corrected chi connectivity index (χ4v) is 5.29. The van der Waals surface area contributed by atoms with Crippen molar-refractivity contribution in [2.45, 2.75) is 11.4 Å². The number of likely N-dealkylation sites (N-methyl/N-ethyl adjacent to an activating group) is 1. The Hall–Kier alpha value is -1.57. The van der Waals surface area contributed by atoms with E-state index < -0.39 is 10.0 Å². The molecule has 0 radical (unpaired) electrons. The smallest absolute Gasteiger partial charge is 0.268 e. The topological polar surface area (TPSA) is 45.5 Å². The number of nitrogens with zero attached hydrogens (tertiary/aromatic N) is 3. The minimum absolute atomic E-state index is 0.173. The third-order valence-electron chi connectivity index (χ3n) is 5.16. The zero-order chi connectivity index (χ0) is 19.9. The predicted octanol–water partition coefficient (Wildman–Crippen LogP) is 3.93. The van der Waals surface area contributed by atoms with Gasteiger partial charge in [-0.15, -0.1) is 0 Å². The van der Waals surface area contributed by atoms with Gasteiger partial charge < -0.3 is 4.90 Å². The fraction of sp³-hybridized carbons (Fsp3) is 0.300. The highest BCUT2D eigenvalue weighted by atomic mass is 35.5. The molecule has 28 heavy (non-hydrogen) atoms. The first-order valence-electron chi connectivity index (χ1n) is 9.06. The van der Waals surface area contributed by atoms with Gasteiger partial charge in [0.2, 0.25) is 0 Å². The number of halogens is 2. The maximum atomic E-state index is 13.1. The Kier molecular flexibility index (Phi) is 5.42. The van der Waals surface area contributed by atoms with Gasteiger partial charge in [-0.3, -0.25) is 4.90 Å². The van der Waals surface area contributed by atoms with Gasteiger partial charge in [-0.05, 0) is 49.0 Å². The molecule has 0 bridgehead atoms. The maximum Gasteiger partial charge on any atom is 0.268 e. The quantitative estimate of drug-likeness (QED) is 0.619. The summed E-state index contributed by atoms with van der Waals surface area (Å²) in [4.78, 5) is 4.89. The van der Waals surface area contributed by atoms with Gasteiger partial charge in [0.15, 0.2) is 0 Å². The van der Waals surface area contributed by atoms with Gasteiger partial charge in [-0.1, -0.05) is 29.3 Å². The van der Waals surface area contributed by atoms with Gasteiger partial charge in [-0.2, -0.15) is 0 Å². The van der Waals surface area contributed by atoms with E-state index in [-0.39, 0.29) is 4.90 Å². The van der Waals surface area contributed by atoms with Crippen LogP contribution in [0.2, 0.25) is 10.0 Å². The molecule has 2 heterocycles. The highest BCUT2D eigenvalue weighted by molar-refractivity contribution is 7.90. The molecule has 5 nitrogen and oxygen atoms in total. The molecule has 0 spiro atoms. The first-order chi connectivity index (χ1) is 13.3. The zero-order valence-electron chi connectivity index (χ0n) is 15.5. The second-order valence-electron chi connectivity index (χ2n) is 7.16. The monoisotopic (exact) mass is 437 g/mol. The Morgan fingerprint density at radius 1 is 0.964 bits per heavy atom. The van der Waals surface area contributed by atoms with Crippen LogP contribution in [0.25, 0.3) is 10.9 Å². The molecule has 1 aliphatic rings. The first kappa shape index (κ1) is 19.7. The lowest BCUT2D eigenvalue weighted by Crippen LogP contribution is -2.43. The molecule has 1 saturated heterocycles. The Bertz CT molecular complexity index is 1100. The van der Waals surface area contributed by atoms with Crippen molar-refractivity contribution in [3.8, 4) is 0 Å². The van der Waals surface area contributed by atoms with E-state index in [1.54, 1.807) is 12.1 Å². The highest BCUT2D eigenvalue weighted by Crippen LogP contribution is 2.30. The van der Waals surface area contributed by atoms with Crippen LogP contribution in [-0.2, 0) is 16.6 Å². The second kappa shape index (κ2) is 7.69. The third kappa shape index (κ3) is 3.80. The molecule has 0 N–H and O–H groups in total. The Balaban J connectivity index is 1.67. The average Bonchev–Trinajstić information content (AvgIpc) is 3.01. The minimum Gasteiger partial charge on any atom is -0.304 e. The Morgan fingerprint density at radius 3 is 2.32 bits per heavy atom. The van der Waals surface area contributed by atoms with Crippen LogP contribution in [0.4, 0.5) is 0 Å². The van der Waals surface area contributed by atoms with Crippen molar-refractivity contribution in [2.75, 3.05) is 33.2 Å². The average molecular weight is 438 g/mol. The van der Waals surface area contributed by atoms with Crippen LogP contribution in [0, 0.1) is 0 Å². The lowest BCUT2D eigenvalue weighted by Gasteiger charge is -2.32. The van der Waals surface area contributed by atoms with Crippen LogP contribution >= 0.6 is 23.2 Å². The van der Waals surface area contributed by atoms with Gasteiger partial charge in [-0.25, -0.2) is 12.4 Å². The minimum atomic E-state index is -3.75. The van der Waals surface area contributed by atoms with Crippen molar-refractivity contribution in [1.29, 1.82) is 0 Å². The van der Waals surface area contributed by atoms with E-state index in [0.29, 0.717) is 15.6 Å². The van der Waals surface area contributed by atoms with Crippen LogP contribution in [0.15, 0.2) is 53.6 Å². The van der Waals surface area contributed by atoms with Crippen LogP contribution in [0.3, 0.4) is 0 Å². The summed E-state index contributed by atoms with van der Waals surface area (Å²) in [6.07, 6.45) is 1.47. The van der Waals surface area contributed by atoms with Gasteiger partial charge in [0.25, 0.3) is 10.0 Å². The molecule has 4 rings (SSSR count). The summed E-state index contributed by atoms with van der Waals surface area (Å²) in [5.74, 6) is 0. The molecular weight excluding hydrogens is 417 g/mol. The van der Waals surface area contributed by atoms with E-state index in [2.05, 4.69) is 16.8 Å².